The molecule has 0 spiro atoms. The number of anilines is 2. The maximum atomic E-state index is 12.7. The van der Waals surface area contributed by atoms with Crippen molar-refractivity contribution in [3.8, 4) is 11.5 Å². The first kappa shape index (κ1) is 24.5. The fourth-order valence-electron chi connectivity index (χ4n) is 4.23. The number of hydrogen-bond acceptors (Lipinski definition) is 8. The summed E-state index contributed by atoms with van der Waals surface area (Å²) in [6.07, 6.45) is 1.47. The molecule has 1 unspecified atom stereocenters. The first-order chi connectivity index (χ1) is 16.4. The molecular formula is C24H27Cl2N5O3. The standard InChI is InChI=1S/C24H27Cl2N5O3/c1-4-31-8-7-27-12-24(31,15(2)32)13-34-22-11-20-17(10-21(22)33-3)23(29-14-28-20)30-16-5-6-18(25)19(26)9-16/h5-6,9-11,14,27H,4,7-8,12-13H2,1-3H3,(H,28,29,30). The summed E-state index contributed by atoms with van der Waals surface area (Å²) in [4.78, 5) is 23.7. The van der Waals surface area contributed by atoms with Gasteiger partial charge in [0, 0.05) is 36.8 Å². The quantitative estimate of drug-likeness (QED) is 0.469. The van der Waals surface area contributed by atoms with Gasteiger partial charge in [-0.3, -0.25) is 9.69 Å². The Bertz CT molecular complexity index is 1210. The van der Waals surface area contributed by atoms with E-state index in [-0.39, 0.29) is 12.4 Å². The lowest BCUT2D eigenvalue weighted by atomic mass is 9.91. The lowest BCUT2D eigenvalue weighted by Crippen LogP contribution is -2.67. The number of methoxy groups -OCH3 is 1. The van der Waals surface area contributed by atoms with Crippen molar-refractivity contribution in [1.29, 1.82) is 0 Å². The lowest BCUT2D eigenvalue weighted by molar-refractivity contribution is -0.132. The number of carbonyl (C=O) groups excluding carboxylic acids is 1. The van der Waals surface area contributed by atoms with E-state index in [0.717, 1.165) is 30.7 Å². The maximum absolute atomic E-state index is 12.7. The summed E-state index contributed by atoms with van der Waals surface area (Å²) < 4.78 is 11.8. The van der Waals surface area contributed by atoms with Crippen molar-refractivity contribution in [3.05, 3.63) is 46.7 Å². The van der Waals surface area contributed by atoms with E-state index in [2.05, 4.69) is 32.4 Å². The molecule has 1 aliphatic rings. The molecule has 4 rings (SSSR count). The zero-order chi connectivity index (χ0) is 24.3. The number of ketones is 1. The topological polar surface area (TPSA) is 88.6 Å². The number of nitrogens with zero attached hydrogens (tertiary/aromatic N) is 3. The lowest BCUT2D eigenvalue weighted by Gasteiger charge is -2.45. The van der Waals surface area contributed by atoms with Crippen LogP contribution in [0.25, 0.3) is 10.9 Å². The second-order valence-corrected chi connectivity index (χ2v) is 8.94. The highest BCUT2D eigenvalue weighted by Crippen LogP contribution is 2.36. The van der Waals surface area contributed by atoms with Gasteiger partial charge in [-0.05, 0) is 37.7 Å². The Kier molecular flexibility index (Phi) is 7.42. The van der Waals surface area contributed by atoms with E-state index >= 15 is 0 Å². The van der Waals surface area contributed by atoms with Gasteiger partial charge in [-0.2, -0.15) is 0 Å². The normalized spacial score (nSPS) is 18.6. The number of nitrogens with one attached hydrogen (secondary N) is 2. The third kappa shape index (κ3) is 4.77. The summed E-state index contributed by atoms with van der Waals surface area (Å²) >= 11 is 12.2. The number of piperazine rings is 1. The predicted molar refractivity (Wildman–Crippen MR) is 135 cm³/mol. The van der Waals surface area contributed by atoms with Crippen LogP contribution in [0.2, 0.25) is 10.0 Å². The highest BCUT2D eigenvalue weighted by molar-refractivity contribution is 6.42. The van der Waals surface area contributed by atoms with Gasteiger partial charge in [-0.25, -0.2) is 9.97 Å². The Labute approximate surface area is 208 Å². The molecule has 34 heavy (non-hydrogen) atoms. The highest BCUT2D eigenvalue weighted by atomic mass is 35.5. The summed E-state index contributed by atoms with van der Waals surface area (Å²) in [5.74, 6) is 1.68. The molecule has 2 heterocycles. The number of likely N-dealkylation sites (N-methyl/N-ethyl adjacent to an activating group) is 1. The number of ether oxygens (including phenoxy) is 2. The molecule has 0 radical (unpaired) electrons. The third-order valence-corrected chi connectivity index (χ3v) is 6.93. The van der Waals surface area contributed by atoms with E-state index in [1.165, 1.54) is 6.33 Å². The second kappa shape index (κ2) is 10.3. The van der Waals surface area contributed by atoms with Crippen molar-refractivity contribution in [2.75, 3.05) is 45.2 Å². The van der Waals surface area contributed by atoms with Gasteiger partial charge >= 0.3 is 0 Å². The van der Waals surface area contributed by atoms with Crippen LogP contribution < -0.4 is 20.1 Å². The summed E-state index contributed by atoms with van der Waals surface area (Å²) in [6, 6.07) is 8.88. The monoisotopic (exact) mass is 503 g/mol. The van der Waals surface area contributed by atoms with Crippen molar-refractivity contribution < 1.29 is 14.3 Å². The number of hydrogen-bond donors (Lipinski definition) is 2. The van der Waals surface area contributed by atoms with Gasteiger partial charge < -0.3 is 20.1 Å². The van der Waals surface area contributed by atoms with Crippen LogP contribution >= 0.6 is 23.2 Å². The van der Waals surface area contributed by atoms with Crippen molar-refractivity contribution in [1.82, 2.24) is 20.2 Å². The van der Waals surface area contributed by atoms with Crippen LogP contribution in [0.15, 0.2) is 36.7 Å². The van der Waals surface area contributed by atoms with Crippen molar-refractivity contribution in [3.63, 3.8) is 0 Å². The summed E-state index contributed by atoms with van der Waals surface area (Å²) in [5.41, 5.74) is 0.667. The van der Waals surface area contributed by atoms with Crippen LogP contribution in [-0.4, -0.2) is 66.1 Å². The van der Waals surface area contributed by atoms with E-state index in [4.69, 9.17) is 32.7 Å². The number of fused-ring (bicyclic) bond motifs is 1. The Hall–Kier alpha value is -2.65. The molecule has 10 heteroatoms. The van der Waals surface area contributed by atoms with Crippen LogP contribution in [0.1, 0.15) is 13.8 Å². The van der Waals surface area contributed by atoms with E-state index in [1.54, 1.807) is 32.2 Å². The van der Waals surface area contributed by atoms with Crippen molar-refractivity contribution in [2.24, 2.45) is 0 Å². The van der Waals surface area contributed by atoms with Gasteiger partial charge in [-0.15, -0.1) is 0 Å². The average Bonchev–Trinajstić information content (AvgIpc) is 2.84. The minimum atomic E-state index is -0.737. The number of carbonyl (C=O) groups is 1. The molecule has 1 aromatic heterocycles. The predicted octanol–water partition coefficient (Wildman–Crippen LogP) is 4.32. The minimum Gasteiger partial charge on any atom is -0.493 e. The Morgan fingerprint density at radius 2 is 2.03 bits per heavy atom. The molecule has 1 fully saturated rings. The van der Waals surface area contributed by atoms with Crippen LogP contribution in [0.5, 0.6) is 11.5 Å². The molecule has 3 aromatic rings. The first-order valence-electron chi connectivity index (χ1n) is 11.0. The minimum absolute atomic E-state index is 0.0664. The summed E-state index contributed by atoms with van der Waals surface area (Å²) in [7, 11) is 1.57. The fourth-order valence-corrected chi connectivity index (χ4v) is 4.53. The number of Topliss-reactive ketones (excluding diaryl/α,β-unsaturated/α-hetero) is 1. The Balaban J connectivity index is 1.65. The summed E-state index contributed by atoms with van der Waals surface area (Å²) in [5, 5.41) is 8.25. The number of aromatic nitrogens is 2. The van der Waals surface area contributed by atoms with E-state index in [0.29, 0.717) is 39.4 Å². The molecule has 8 nitrogen and oxygen atoms in total. The largest absolute Gasteiger partial charge is 0.493 e. The van der Waals surface area contributed by atoms with Gasteiger partial charge in [0.1, 0.15) is 24.3 Å². The number of benzene rings is 2. The second-order valence-electron chi connectivity index (χ2n) is 8.13. The molecule has 0 amide bonds. The van der Waals surface area contributed by atoms with Gasteiger partial charge in [0.2, 0.25) is 0 Å². The third-order valence-electron chi connectivity index (χ3n) is 6.19. The van der Waals surface area contributed by atoms with Crippen LogP contribution in [0, 0.1) is 0 Å². The average molecular weight is 504 g/mol. The maximum Gasteiger partial charge on any atom is 0.163 e. The Morgan fingerprint density at radius 1 is 1.21 bits per heavy atom. The van der Waals surface area contributed by atoms with E-state index < -0.39 is 5.54 Å². The SMILES string of the molecule is CCN1CCNCC1(COc1cc2ncnc(Nc3ccc(Cl)c(Cl)c3)c2cc1OC)C(C)=O. The number of rotatable bonds is 8. The molecule has 1 atom stereocenters. The molecule has 1 aliphatic heterocycles. The zero-order valence-electron chi connectivity index (χ0n) is 19.3. The van der Waals surface area contributed by atoms with Gasteiger partial charge in [-0.1, -0.05) is 30.1 Å². The molecule has 2 aromatic carbocycles. The zero-order valence-corrected chi connectivity index (χ0v) is 20.8. The number of halogens is 2. The van der Waals surface area contributed by atoms with Gasteiger partial charge in [0.25, 0.3) is 0 Å². The molecule has 180 valence electrons. The first-order valence-corrected chi connectivity index (χ1v) is 11.8. The molecular weight excluding hydrogens is 477 g/mol. The molecule has 1 saturated heterocycles. The van der Waals surface area contributed by atoms with Crippen LogP contribution in [0.4, 0.5) is 11.5 Å². The highest BCUT2D eigenvalue weighted by Gasteiger charge is 2.43. The van der Waals surface area contributed by atoms with E-state index in [1.807, 2.05) is 12.1 Å². The molecule has 2 N–H and O–H groups in total. The fraction of sp³-hybridized carbons (Fsp3) is 0.375. The summed E-state index contributed by atoms with van der Waals surface area (Å²) in [6.45, 7) is 6.79. The van der Waals surface area contributed by atoms with Crippen molar-refractivity contribution >= 4 is 51.4 Å². The smallest absolute Gasteiger partial charge is 0.163 e. The molecule has 0 saturated carbocycles. The van der Waals surface area contributed by atoms with Crippen molar-refractivity contribution in [2.45, 2.75) is 19.4 Å². The van der Waals surface area contributed by atoms with Gasteiger partial charge in [0.05, 0.1) is 22.7 Å². The van der Waals surface area contributed by atoms with Gasteiger partial charge in [0.15, 0.2) is 17.3 Å². The van der Waals surface area contributed by atoms with Crippen LogP contribution in [0.3, 0.4) is 0 Å². The molecule has 0 bridgehead atoms. The van der Waals surface area contributed by atoms with E-state index in [9.17, 15) is 4.79 Å². The Morgan fingerprint density at radius 3 is 2.74 bits per heavy atom. The van der Waals surface area contributed by atoms with Crippen LogP contribution in [-0.2, 0) is 4.79 Å². The molecule has 0 aliphatic carbocycles.